The Morgan fingerprint density at radius 2 is 1.38 bits per heavy atom. The molecule has 0 aliphatic heterocycles. The first-order valence-electron chi connectivity index (χ1n) is 3.52. The van der Waals surface area contributed by atoms with Gasteiger partial charge in [0.2, 0.25) is 0 Å². The van der Waals surface area contributed by atoms with E-state index in [0.29, 0.717) is 5.56 Å². The lowest BCUT2D eigenvalue weighted by Gasteiger charge is -1.98. The summed E-state index contributed by atoms with van der Waals surface area (Å²) in [7, 11) is 0. The number of halogens is 2. The SMILES string of the molecule is Cc1cc(C(=O)F)cc(C(=O)F)c1. The predicted molar refractivity (Wildman–Crippen MR) is 42.1 cm³/mol. The van der Waals surface area contributed by atoms with Crippen molar-refractivity contribution in [3.8, 4) is 0 Å². The third-order valence-corrected chi connectivity index (χ3v) is 1.53. The fraction of sp³-hybridized carbons (Fsp3) is 0.111. The molecule has 0 amide bonds. The summed E-state index contributed by atoms with van der Waals surface area (Å²) in [5.74, 6) is 0. The van der Waals surface area contributed by atoms with Gasteiger partial charge in [-0.3, -0.25) is 9.59 Å². The summed E-state index contributed by atoms with van der Waals surface area (Å²) in [6, 6.07) is 0.0266. The van der Waals surface area contributed by atoms with Crippen LogP contribution in [-0.2, 0) is 0 Å². The molecule has 0 unspecified atom stereocenters. The molecule has 0 atom stereocenters. The Morgan fingerprint density at radius 3 is 1.69 bits per heavy atom. The molecule has 0 radical (unpaired) electrons. The molecule has 0 heterocycles. The lowest BCUT2D eigenvalue weighted by Crippen LogP contribution is -1.97. The van der Waals surface area contributed by atoms with Crippen molar-refractivity contribution in [3.63, 3.8) is 0 Å². The van der Waals surface area contributed by atoms with Crippen LogP contribution >= 0.6 is 0 Å². The van der Waals surface area contributed by atoms with Crippen LogP contribution in [0.5, 0.6) is 0 Å². The van der Waals surface area contributed by atoms with Crippen molar-refractivity contribution in [2.24, 2.45) is 0 Å². The van der Waals surface area contributed by atoms with E-state index in [1.54, 1.807) is 6.92 Å². The van der Waals surface area contributed by atoms with Crippen LogP contribution in [0, 0.1) is 6.92 Å². The van der Waals surface area contributed by atoms with Crippen LogP contribution in [0.2, 0.25) is 0 Å². The van der Waals surface area contributed by atoms with Gasteiger partial charge in [0.05, 0.1) is 11.1 Å². The topological polar surface area (TPSA) is 34.1 Å². The molecule has 0 bridgehead atoms. The highest BCUT2D eigenvalue weighted by atomic mass is 19.1. The number of hydrogen-bond acceptors (Lipinski definition) is 2. The molecule has 1 aromatic rings. The highest BCUT2D eigenvalue weighted by Gasteiger charge is 2.10. The minimum absolute atomic E-state index is 0.305. The summed E-state index contributed by atoms with van der Waals surface area (Å²) >= 11 is 0. The third-order valence-electron chi connectivity index (χ3n) is 1.53. The Kier molecular flexibility index (Phi) is 2.51. The van der Waals surface area contributed by atoms with E-state index >= 15 is 0 Å². The number of carbonyl (C=O) groups excluding carboxylic acids is 2. The second kappa shape index (κ2) is 3.43. The van der Waals surface area contributed by atoms with Crippen LogP contribution in [0.1, 0.15) is 26.3 Å². The number of hydrogen-bond donors (Lipinski definition) is 0. The smallest absolute Gasteiger partial charge is 0.255 e. The van der Waals surface area contributed by atoms with Crippen molar-refractivity contribution in [2.45, 2.75) is 6.92 Å². The second-order valence-corrected chi connectivity index (χ2v) is 2.64. The molecule has 68 valence electrons. The van der Waals surface area contributed by atoms with Gasteiger partial charge in [-0.1, -0.05) is 0 Å². The van der Waals surface area contributed by atoms with E-state index in [-0.39, 0.29) is 11.1 Å². The van der Waals surface area contributed by atoms with E-state index in [4.69, 9.17) is 0 Å². The average Bonchev–Trinajstić information content (AvgIpc) is 2.03. The molecule has 0 spiro atoms. The van der Waals surface area contributed by atoms with E-state index in [1.165, 1.54) is 12.1 Å². The second-order valence-electron chi connectivity index (χ2n) is 2.64. The fourth-order valence-electron chi connectivity index (χ4n) is 1.01. The zero-order chi connectivity index (χ0) is 10.0. The summed E-state index contributed by atoms with van der Waals surface area (Å²) < 4.78 is 24.4. The Balaban J connectivity index is 3.26. The fourth-order valence-corrected chi connectivity index (χ4v) is 1.01. The third kappa shape index (κ3) is 2.18. The molecule has 1 rings (SSSR count). The predicted octanol–water partition coefficient (Wildman–Crippen LogP) is 2.21. The van der Waals surface area contributed by atoms with Gasteiger partial charge in [-0.05, 0) is 30.7 Å². The zero-order valence-electron chi connectivity index (χ0n) is 6.80. The first-order valence-corrected chi connectivity index (χ1v) is 3.52. The van der Waals surface area contributed by atoms with Gasteiger partial charge < -0.3 is 0 Å². The molecule has 1 aromatic carbocycles. The molecular formula is C9H6F2O2. The van der Waals surface area contributed by atoms with Gasteiger partial charge >= 0.3 is 12.1 Å². The first-order chi connectivity index (χ1) is 6.00. The van der Waals surface area contributed by atoms with E-state index in [1.807, 2.05) is 0 Å². The van der Waals surface area contributed by atoms with Crippen molar-refractivity contribution in [1.29, 1.82) is 0 Å². The first kappa shape index (κ1) is 9.51. The monoisotopic (exact) mass is 184 g/mol. The molecule has 2 nitrogen and oxygen atoms in total. The van der Waals surface area contributed by atoms with Gasteiger partial charge in [0.1, 0.15) is 0 Å². The number of aryl methyl sites for hydroxylation is 1. The average molecular weight is 184 g/mol. The van der Waals surface area contributed by atoms with Gasteiger partial charge in [0.25, 0.3) is 0 Å². The van der Waals surface area contributed by atoms with Crippen molar-refractivity contribution < 1.29 is 18.4 Å². The lowest BCUT2D eigenvalue weighted by molar-refractivity contribution is 0.0834. The minimum atomic E-state index is -1.67. The Hall–Kier alpha value is -1.58. The Morgan fingerprint density at radius 1 is 1.00 bits per heavy atom. The Bertz CT molecular complexity index is 340. The van der Waals surface area contributed by atoms with Crippen LogP contribution in [0.4, 0.5) is 8.78 Å². The van der Waals surface area contributed by atoms with Crippen molar-refractivity contribution in [2.75, 3.05) is 0 Å². The molecule has 13 heavy (non-hydrogen) atoms. The molecule has 4 heteroatoms. The van der Waals surface area contributed by atoms with E-state index in [2.05, 4.69) is 0 Å². The molecular weight excluding hydrogens is 178 g/mol. The zero-order valence-corrected chi connectivity index (χ0v) is 6.80. The molecule has 0 N–H and O–H groups in total. The summed E-state index contributed by atoms with van der Waals surface area (Å²) in [5.41, 5.74) is -0.147. The summed E-state index contributed by atoms with van der Waals surface area (Å²) in [5, 5.41) is 0. The number of rotatable bonds is 2. The van der Waals surface area contributed by atoms with Gasteiger partial charge in [-0.25, -0.2) is 0 Å². The van der Waals surface area contributed by atoms with E-state index in [9.17, 15) is 18.4 Å². The van der Waals surface area contributed by atoms with Crippen molar-refractivity contribution in [1.82, 2.24) is 0 Å². The molecule has 0 saturated carbocycles. The van der Waals surface area contributed by atoms with E-state index in [0.717, 1.165) is 6.07 Å². The highest BCUT2D eigenvalue weighted by molar-refractivity contribution is 5.94. The standard InChI is InChI=1S/C9H6F2O2/c1-5-2-6(8(10)12)4-7(3-5)9(11)13/h2-4H,1H3. The highest BCUT2D eigenvalue weighted by Crippen LogP contribution is 2.11. The van der Waals surface area contributed by atoms with Gasteiger partial charge in [0, 0.05) is 0 Å². The minimum Gasteiger partial charge on any atom is -0.255 e. The van der Waals surface area contributed by atoms with E-state index < -0.39 is 12.1 Å². The maximum atomic E-state index is 12.2. The molecule has 0 fully saturated rings. The van der Waals surface area contributed by atoms with Gasteiger partial charge in [-0.15, -0.1) is 0 Å². The van der Waals surface area contributed by atoms with Crippen LogP contribution in [0.3, 0.4) is 0 Å². The van der Waals surface area contributed by atoms with Gasteiger partial charge in [-0.2, -0.15) is 8.78 Å². The van der Waals surface area contributed by atoms with Crippen LogP contribution in [0.25, 0.3) is 0 Å². The van der Waals surface area contributed by atoms with Crippen LogP contribution in [0.15, 0.2) is 18.2 Å². The van der Waals surface area contributed by atoms with Gasteiger partial charge in [0.15, 0.2) is 0 Å². The molecule has 0 aliphatic carbocycles. The summed E-state index contributed by atoms with van der Waals surface area (Å²) in [4.78, 5) is 20.5. The van der Waals surface area contributed by atoms with Crippen molar-refractivity contribution in [3.05, 3.63) is 34.9 Å². The Labute approximate surface area is 73.2 Å². The molecule has 0 aliphatic rings. The molecule has 0 saturated heterocycles. The van der Waals surface area contributed by atoms with Crippen molar-refractivity contribution >= 4 is 12.1 Å². The maximum Gasteiger partial charge on any atom is 0.332 e. The molecule has 0 aromatic heterocycles. The summed E-state index contributed by atoms with van der Waals surface area (Å²) in [6.45, 7) is 1.54. The van der Waals surface area contributed by atoms with Crippen LogP contribution < -0.4 is 0 Å². The lowest BCUT2D eigenvalue weighted by atomic mass is 10.1. The number of carbonyl (C=O) groups is 2. The quantitative estimate of drug-likeness (QED) is 0.660. The normalized spacial score (nSPS) is 9.77. The maximum absolute atomic E-state index is 12.2. The summed E-state index contributed by atoms with van der Waals surface area (Å²) in [6.07, 6.45) is 0. The number of benzene rings is 1. The van der Waals surface area contributed by atoms with Crippen LogP contribution in [-0.4, -0.2) is 12.1 Å². The largest absolute Gasteiger partial charge is 0.332 e.